The fourth-order valence-corrected chi connectivity index (χ4v) is 3.35. The number of aryl methyl sites for hydroxylation is 1. The van der Waals surface area contributed by atoms with Crippen LogP contribution in [0.15, 0.2) is 5.38 Å². The minimum Gasteiger partial charge on any atom is -0.347 e. The number of carbonyl (C=O) groups excluding carboxylic acids is 1. The van der Waals surface area contributed by atoms with Gasteiger partial charge in [-0.25, -0.2) is 4.98 Å². The molecule has 4 nitrogen and oxygen atoms in total. The zero-order valence-electron chi connectivity index (χ0n) is 11.0. The van der Waals surface area contributed by atoms with E-state index < -0.39 is 0 Å². The standard InChI is InChI=1S/C13H21N3OS/c1-3-11(13-15-8(2)7-18-13)16-12(17)9-4-5-10(14)6-9/h7,9-11H,3-6,14H2,1-2H3,(H,16,17). The average Bonchev–Trinajstić information content (AvgIpc) is 2.94. The highest BCUT2D eigenvalue weighted by atomic mass is 32.1. The van der Waals surface area contributed by atoms with Gasteiger partial charge in [0.15, 0.2) is 0 Å². The summed E-state index contributed by atoms with van der Waals surface area (Å²) < 4.78 is 0. The molecule has 3 N–H and O–H groups in total. The van der Waals surface area contributed by atoms with E-state index in [4.69, 9.17) is 5.73 Å². The Morgan fingerprint density at radius 1 is 1.67 bits per heavy atom. The Hall–Kier alpha value is -0.940. The lowest BCUT2D eigenvalue weighted by Crippen LogP contribution is -2.33. The number of hydrogen-bond donors (Lipinski definition) is 2. The first-order valence-electron chi connectivity index (χ1n) is 6.58. The van der Waals surface area contributed by atoms with Crippen LogP contribution >= 0.6 is 11.3 Å². The van der Waals surface area contributed by atoms with Gasteiger partial charge in [-0.1, -0.05) is 6.92 Å². The molecule has 1 fully saturated rings. The molecule has 1 aliphatic rings. The van der Waals surface area contributed by atoms with E-state index in [-0.39, 0.29) is 23.9 Å². The minimum atomic E-state index is 0.0491. The Morgan fingerprint density at radius 3 is 2.94 bits per heavy atom. The second-order valence-electron chi connectivity index (χ2n) is 5.07. The molecule has 0 saturated heterocycles. The highest BCUT2D eigenvalue weighted by molar-refractivity contribution is 7.09. The molecule has 1 amide bonds. The molecule has 18 heavy (non-hydrogen) atoms. The molecule has 0 radical (unpaired) electrons. The quantitative estimate of drug-likeness (QED) is 0.878. The fraction of sp³-hybridized carbons (Fsp3) is 0.692. The average molecular weight is 267 g/mol. The first-order chi connectivity index (χ1) is 8.60. The van der Waals surface area contributed by atoms with Gasteiger partial charge in [-0.05, 0) is 32.6 Å². The van der Waals surface area contributed by atoms with Crippen molar-refractivity contribution in [1.29, 1.82) is 0 Å². The molecule has 100 valence electrons. The molecule has 1 saturated carbocycles. The van der Waals surface area contributed by atoms with Gasteiger partial charge in [0.2, 0.25) is 5.91 Å². The number of nitrogens with one attached hydrogen (secondary N) is 1. The van der Waals surface area contributed by atoms with Gasteiger partial charge < -0.3 is 11.1 Å². The molecule has 3 unspecified atom stereocenters. The van der Waals surface area contributed by atoms with Crippen molar-refractivity contribution in [2.24, 2.45) is 11.7 Å². The van der Waals surface area contributed by atoms with Crippen LogP contribution in [0.5, 0.6) is 0 Å². The molecular weight excluding hydrogens is 246 g/mol. The summed E-state index contributed by atoms with van der Waals surface area (Å²) in [6.07, 6.45) is 3.57. The van der Waals surface area contributed by atoms with Gasteiger partial charge >= 0.3 is 0 Å². The minimum absolute atomic E-state index is 0.0491. The highest BCUT2D eigenvalue weighted by Crippen LogP contribution is 2.26. The maximum atomic E-state index is 12.2. The van der Waals surface area contributed by atoms with Crippen molar-refractivity contribution in [3.05, 3.63) is 16.1 Å². The summed E-state index contributed by atoms with van der Waals surface area (Å²) in [5, 5.41) is 6.14. The molecule has 1 aromatic rings. The van der Waals surface area contributed by atoms with Crippen LogP contribution in [0.2, 0.25) is 0 Å². The first-order valence-corrected chi connectivity index (χ1v) is 7.46. The number of nitrogens with zero attached hydrogens (tertiary/aromatic N) is 1. The summed E-state index contributed by atoms with van der Waals surface area (Å²) in [6, 6.07) is 0.246. The maximum Gasteiger partial charge on any atom is 0.223 e. The van der Waals surface area contributed by atoms with E-state index in [2.05, 4.69) is 17.2 Å². The Balaban J connectivity index is 1.96. The normalized spacial score (nSPS) is 25.1. The molecule has 3 atom stereocenters. The lowest BCUT2D eigenvalue weighted by atomic mass is 10.1. The number of thiazole rings is 1. The van der Waals surface area contributed by atoms with Gasteiger partial charge in [0.25, 0.3) is 0 Å². The second-order valence-corrected chi connectivity index (χ2v) is 5.96. The largest absolute Gasteiger partial charge is 0.347 e. The summed E-state index contributed by atoms with van der Waals surface area (Å²) in [6.45, 7) is 4.05. The molecule has 0 bridgehead atoms. The van der Waals surface area contributed by atoms with Crippen molar-refractivity contribution < 1.29 is 4.79 Å². The molecule has 1 heterocycles. The number of nitrogens with two attached hydrogens (primary N) is 1. The van der Waals surface area contributed by atoms with Crippen molar-refractivity contribution in [3.63, 3.8) is 0 Å². The smallest absolute Gasteiger partial charge is 0.223 e. The number of carbonyl (C=O) groups is 1. The third kappa shape index (κ3) is 3.09. The molecule has 1 aliphatic carbocycles. The third-order valence-corrected chi connectivity index (χ3v) is 4.58. The lowest BCUT2D eigenvalue weighted by molar-refractivity contribution is -0.125. The van der Waals surface area contributed by atoms with Crippen molar-refractivity contribution in [2.75, 3.05) is 0 Å². The van der Waals surface area contributed by atoms with Gasteiger partial charge in [0, 0.05) is 23.0 Å². The summed E-state index contributed by atoms with van der Waals surface area (Å²) in [5.74, 6) is 0.234. The summed E-state index contributed by atoms with van der Waals surface area (Å²) in [4.78, 5) is 16.6. The summed E-state index contributed by atoms with van der Waals surface area (Å²) in [7, 11) is 0. The van der Waals surface area contributed by atoms with Gasteiger partial charge in [0.05, 0.1) is 6.04 Å². The first kappa shape index (κ1) is 13.5. The van der Waals surface area contributed by atoms with Crippen LogP contribution in [0.3, 0.4) is 0 Å². The van der Waals surface area contributed by atoms with E-state index in [0.717, 1.165) is 36.4 Å². The van der Waals surface area contributed by atoms with Crippen LogP contribution in [0.25, 0.3) is 0 Å². The molecule has 5 heteroatoms. The van der Waals surface area contributed by atoms with Gasteiger partial charge in [-0.2, -0.15) is 0 Å². The predicted octanol–water partition coefficient (Wildman–Crippen LogP) is 2.15. The number of aromatic nitrogens is 1. The van der Waals surface area contributed by atoms with E-state index in [9.17, 15) is 4.79 Å². The van der Waals surface area contributed by atoms with Crippen LogP contribution in [0.4, 0.5) is 0 Å². The van der Waals surface area contributed by atoms with Crippen molar-refractivity contribution in [2.45, 2.75) is 51.6 Å². The Kier molecular flexibility index (Phi) is 4.35. The molecular formula is C13H21N3OS. The SMILES string of the molecule is CCC(NC(=O)C1CCC(N)C1)c1nc(C)cs1. The molecule has 2 rings (SSSR count). The Labute approximate surface area is 112 Å². The molecule has 1 aromatic heterocycles. The third-order valence-electron chi connectivity index (χ3n) is 3.50. The number of rotatable bonds is 4. The number of amides is 1. The predicted molar refractivity (Wildman–Crippen MR) is 73.3 cm³/mol. The van der Waals surface area contributed by atoms with Gasteiger partial charge in [-0.15, -0.1) is 11.3 Å². The maximum absolute atomic E-state index is 12.2. The summed E-state index contributed by atoms with van der Waals surface area (Å²) >= 11 is 1.62. The van der Waals surface area contributed by atoms with Crippen LogP contribution in [0, 0.1) is 12.8 Å². The van der Waals surface area contributed by atoms with Crippen molar-refractivity contribution >= 4 is 17.2 Å². The zero-order chi connectivity index (χ0) is 13.1. The monoisotopic (exact) mass is 267 g/mol. The topological polar surface area (TPSA) is 68.0 Å². The lowest BCUT2D eigenvalue weighted by Gasteiger charge is -2.17. The van der Waals surface area contributed by atoms with E-state index in [0.29, 0.717) is 0 Å². The highest BCUT2D eigenvalue weighted by Gasteiger charge is 2.29. The molecule has 0 spiro atoms. The van der Waals surface area contributed by atoms with Gasteiger partial charge in [-0.3, -0.25) is 4.79 Å². The fourth-order valence-electron chi connectivity index (χ4n) is 2.41. The van der Waals surface area contributed by atoms with E-state index in [1.165, 1.54) is 0 Å². The van der Waals surface area contributed by atoms with Crippen LogP contribution < -0.4 is 11.1 Å². The second kappa shape index (κ2) is 5.80. The van der Waals surface area contributed by atoms with Crippen LogP contribution in [-0.2, 0) is 4.79 Å². The zero-order valence-corrected chi connectivity index (χ0v) is 11.8. The Morgan fingerprint density at radius 2 is 2.44 bits per heavy atom. The van der Waals surface area contributed by atoms with E-state index in [1.807, 2.05) is 12.3 Å². The Bertz CT molecular complexity index is 418. The summed E-state index contributed by atoms with van der Waals surface area (Å²) in [5.41, 5.74) is 6.87. The molecule has 0 aliphatic heterocycles. The van der Waals surface area contributed by atoms with Gasteiger partial charge in [0.1, 0.15) is 5.01 Å². The van der Waals surface area contributed by atoms with Crippen molar-refractivity contribution in [3.8, 4) is 0 Å². The van der Waals surface area contributed by atoms with Crippen LogP contribution in [-0.4, -0.2) is 16.9 Å². The molecule has 0 aromatic carbocycles. The number of hydrogen-bond acceptors (Lipinski definition) is 4. The van der Waals surface area contributed by atoms with Crippen LogP contribution in [0.1, 0.15) is 49.4 Å². The van der Waals surface area contributed by atoms with E-state index in [1.54, 1.807) is 11.3 Å². The van der Waals surface area contributed by atoms with Crippen molar-refractivity contribution in [1.82, 2.24) is 10.3 Å². The van der Waals surface area contributed by atoms with E-state index >= 15 is 0 Å².